The van der Waals surface area contributed by atoms with Gasteiger partial charge in [-0.2, -0.15) is 0 Å². The highest BCUT2D eigenvalue weighted by Crippen LogP contribution is 2.36. The van der Waals surface area contributed by atoms with E-state index in [1.165, 1.54) is 0 Å². The SMILES string of the molecule is CC(C)(C)OC(=O)N1C2CC1C(=O)N(C1CCNC1)C2. The van der Waals surface area contributed by atoms with Gasteiger partial charge in [0.15, 0.2) is 0 Å². The zero-order valence-electron chi connectivity index (χ0n) is 12.4. The largest absolute Gasteiger partial charge is 0.444 e. The molecule has 0 aromatic heterocycles. The van der Waals surface area contributed by atoms with E-state index in [0.717, 1.165) is 25.9 Å². The number of nitrogens with zero attached hydrogens (tertiary/aromatic N) is 2. The van der Waals surface area contributed by atoms with Gasteiger partial charge in [0.1, 0.15) is 11.6 Å². The highest BCUT2D eigenvalue weighted by atomic mass is 16.6. The van der Waals surface area contributed by atoms with Crippen molar-refractivity contribution in [3.05, 3.63) is 0 Å². The minimum atomic E-state index is -0.515. The van der Waals surface area contributed by atoms with E-state index in [4.69, 9.17) is 4.74 Å². The first-order valence-corrected chi connectivity index (χ1v) is 7.39. The summed E-state index contributed by atoms with van der Waals surface area (Å²) in [6.07, 6.45) is 1.45. The van der Waals surface area contributed by atoms with Crippen LogP contribution in [0.1, 0.15) is 33.6 Å². The molecule has 0 aromatic carbocycles. The van der Waals surface area contributed by atoms with Gasteiger partial charge in [-0.1, -0.05) is 0 Å². The second-order valence-corrected chi connectivity index (χ2v) is 6.93. The van der Waals surface area contributed by atoms with Crippen LogP contribution in [-0.4, -0.2) is 65.2 Å². The summed E-state index contributed by atoms with van der Waals surface area (Å²) < 4.78 is 5.39. The predicted octanol–water partition coefficient (Wildman–Crippen LogP) is 0.569. The summed E-state index contributed by atoms with van der Waals surface area (Å²) in [5.74, 6) is 0.0899. The fraction of sp³-hybridized carbons (Fsp3) is 0.857. The number of ether oxygens (including phenoxy) is 1. The summed E-state index contributed by atoms with van der Waals surface area (Å²) in [6, 6.07) is 0.130. The maximum Gasteiger partial charge on any atom is 0.411 e. The van der Waals surface area contributed by atoms with Crippen LogP contribution >= 0.6 is 0 Å². The molecule has 112 valence electrons. The van der Waals surface area contributed by atoms with Crippen molar-refractivity contribution < 1.29 is 14.3 Å². The molecule has 6 heteroatoms. The lowest BCUT2D eigenvalue weighted by atomic mass is 9.86. The Balaban J connectivity index is 1.65. The molecule has 0 aliphatic carbocycles. The average molecular weight is 281 g/mol. The zero-order chi connectivity index (χ0) is 14.5. The third kappa shape index (κ3) is 2.26. The fourth-order valence-electron chi connectivity index (χ4n) is 3.32. The van der Waals surface area contributed by atoms with Crippen LogP contribution in [0.4, 0.5) is 4.79 Å². The van der Waals surface area contributed by atoms with Crippen LogP contribution in [0.25, 0.3) is 0 Å². The molecule has 4 aliphatic rings. The maximum absolute atomic E-state index is 12.5. The standard InChI is InChI=1S/C14H23N3O3/c1-14(2,3)20-13(19)17-10-6-11(17)12(18)16(8-10)9-4-5-15-7-9/h9-11,15H,4-8H2,1-3H3. The molecule has 0 aromatic rings. The summed E-state index contributed by atoms with van der Waals surface area (Å²) in [5, 5.41) is 3.29. The Morgan fingerprint density at radius 2 is 2.10 bits per heavy atom. The van der Waals surface area contributed by atoms with Crippen molar-refractivity contribution in [2.24, 2.45) is 0 Å². The summed E-state index contributed by atoms with van der Waals surface area (Å²) in [4.78, 5) is 28.2. The molecule has 2 amide bonds. The molecule has 4 aliphatic heterocycles. The number of carbonyl (C=O) groups is 2. The molecule has 3 atom stereocenters. The van der Waals surface area contributed by atoms with Gasteiger partial charge in [0.2, 0.25) is 5.91 Å². The molecule has 6 nitrogen and oxygen atoms in total. The number of piperazine rings is 1. The minimum Gasteiger partial charge on any atom is -0.444 e. The zero-order valence-corrected chi connectivity index (χ0v) is 12.4. The van der Waals surface area contributed by atoms with Gasteiger partial charge >= 0.3 is 6.09 Å². The molecule has 1 N–H and O–H groups in total. The topological polar surface area (TPSA) is 61.9 Å². The number of carbonyl (C=O) groups excluding carboxylic acids is 2. The second-order valence-electron chi connectivity index (χ2n) is 6.93. The summed E-state index contributed by atoms with van der Waals surface area (Å²) >= 11 is 0. The van der Waals surface area contributed by atoms with Crippen molar-refractivity contribution in [3.63, 3.8) is 0 Å². The van der Waals surface area contributed by atoms with Crippen LogP contribution in [-0.2, 0) is 9.53 Å². The lowest BCUT2D eigenvalue weighted by Crippen LogP contribution is -2.74. The molecule has 4 rings (SSSR count). The minimum absolute atomic E-state index is 0.0899. The average Bonchev–Trinajstić information content (AvgIpc) is 2.78. The van der Waals surface area contributed by atoms with Crippen LogP contribution < -0.4 is 5.32 Å². The van der Waals surface area contributed by atoms with Crippen molar-refractivity contribution in [2.45, 2.75) is 57.3 Å². The molecule has 20 heavy (non-hydrogen) atoms. The van der Waals surface area contributed by atoms with Crippen LogP contribution in [0.5, 0.6) is 0 Å². The van der Waals surface area contributed by atoms with Gasteiger partial charge < -0.3 is 15.0 Å². The van der Waals surface area contributed by atoms with Crippen molar-refractivity contribution in [1.29, 1.82) is 0 Å². The van der Waals surface area contributed by atoms with Crippen molar-refractivity contribution >= 4 is 12.0 Å². The molecular formula is C14H23N3O3. The number of piperidine rings is 1. The van der Waals surface area contributed by atoms with Gasteiger partial charge in [0, 0.05) is 19.1 Å². The second kappa shape index (κ2) is 4.62. The van der Waals surface area contributed by atoms with Gasteiger partial charge in [-0.05, 0) is 40.2 Å². The monoisotopic (exact) mass is 281 g/mol. The number of fused-ring (bicyclic) bond motifs is 2. The first-order valence-electron chi connectivity index (χ1n) is 7.39. The molecule has 4 fully saturated rings. The van der Waals surface area contributed by atoms with E-state index in [1.807, 2.05) is 25.7 Å². The van der Waals surface area contributed by atoms with E-state index < -0.39 is 5.60 Å². The van der Waals surface area contributed by atoms with Gasteiger partial charge in [0.05, 0.1) is 6.04 Å². The number of nitrogens with one attached hydrogen (secondary N) is 1. The highest BCUT2D eigenvalue weighted by Gasteiger charge is 2.55. The highest BCUT2D eigenvalue weighted by molar-refractivity contribution is 5.90. The van der Waals surface area contributed by atoms with E-state index >= 15 is 0 Å². The molecular weight excluding hydrogens is 258 g/mol. The third-order valence-electron chi connectivity index (χ3n) is 4.28. The molecule has 0 radical (unpaired) electrons. The van der Waals surface area contributed by atoms with Crippen LogP contribution in [0.3, 0.4) is 0 Å². The Morgan fingerprint density at radius 1 is 1.35 bits per heavy atom. The lowest BCUT2D eigenvalue weighted by Gasteiger charge is -2.55. The van der Waals surface area contributed by atoms with Crippen LogP contribution in [0.15, 0.2) is 0 Å². The molecule has 2 bridgehead atoms. The Labute approximate surface area is 119 Å². The first-order chi connectivity index (χ1) is 9.37. The number of rotatable bonds is 1. The molecule has 3 unspecified atom stereocenters. The van der Waals surface area contributed by atoms with Gasteiger partial charge in [-0.3, -0.25) is 9.69 Å². The summed E-state index contributed by atoms with van der Waals surface area (Å²) in [7, 11) is 0. The number of hydrogen-bond acceptors (Lipinski definition) is 4. The van der Waals surface area contributed by atoms with Crippen molar-refractivity contribution in [3.8, 4) is 0 Å². The van der Waals surface area contributed by atoms with Crippen molar-refractivity contribution in [1.82, 2.24) is 15.1 Å². The van der Waals surface area contributed by atoms with Gasteiger partial charge in [-0.15, -0.1) is 0 Å². The third-order valence-corrected chi connectivity index (χ3v) is 4.28. The normalized spacial score (nSPS) is 33.1. The predicted molar refractivity (Wildman–Crippen MR) is 73.3 cm³/mol. The van der Waals surface area contributed by atoms with Gasteiger partial charge in [0.25, 0.3) is 0 Å². The fourth-order valence-corrected chi connectivity index (χ4v) is 3.32. The Hall–Kier alpha value is -1.30. The quantitative estimate of drug-likeness (QED) is 0.763. The summed E-state index contributed by atoms with van der Waals surface area (Å²) in [6.45, 7) is 8.04. The molecule has 4 heterocycles. The molecule has 0 spiro atoms. The Morgan fingerprint density at radius 3 is 2.65 bits per heavy atom. The molecule has 4 saturated heterocycles. The molecule has 0 saturated carbocycles. The number of hydrogen-bond donors (Lipinski definition) is 1. The van der Waals surface area contributed by atoms with E-state index in [9.17, 15) is 9.59 Å². The number of amides is 2. The van der Waals surface area contributed by atoms with Gasteiger partial charge in [-0.25, -0.2) is 4.79 Å². The Kier molecular flexibility index (Phi) is 3.16. The lowest BCUT2D eigenvalue weighted by molar-refractivity contribution is -0.160. The maximum atomic E-state index is 12.5. The Bertz CT molecular complexity index is 426. The summed E-state index contributed by atoms with van der Waals surface area (Å²) in [5.41, 5.74) is -0.515. The van der Waals surface area contributed by atoms with E-state index in [2.05, 4.69) is 5.32 Å². The van der Waals surface area contributed by atoms with E-state index in [-0.39, 0.29) is 24.1 Å². The van der Waals surface area contributed by atoms with E-state index in [1.54, 1.807) is 4.90 Å². The first kappa shape index (κ1) is 13.7. The smallest absolute Gasteiger partial charge is 0.411 e. The van der Waals surface area contributed by atoms with Crippen LogP contribution in [0.2, 0.25) is 0 Å². The van der Waals surface area contributed by atoms with Crippen molar-refractivity contribution in [2.75, 3.05) is 19.6 Å². The van der Waals surface area contributed by atoms with Crippen LogP contribution in [0, 0.1) is 0 Å². The van der Waals surface area contributed by atoms with E-state index in [0.29, 0.717) is 12.6 Å².